The molecule has 0 rings (SSSR count). The first-order valence-corrected chi connectivity index (χ1v) is 3.80. The van der Waals surface area contributed by atoms with Crippen LogP contribution in [-0.4, -0.2) is 6.61 Å². The molecule has 0 atom stereocenters. The van der Waals surface area contributed by atoms with Gasteiger partial charge in [0.2, 0.25) is 0 Å². The Kier molecular flexibility index (Phi) is 7.85. The predicted molar refractivity (Wildman–Crippen MR) is 39.0 cm³/mol. The smallest absolute Gasteiger partial charge is 0.0987 e. The third-order valence-electron chi connectivity index (χ3n) is 1.08. The maximum absolute atomic E-state index is 4.70. The summed E-state index contributed by atoms with van der Waals surface area (Å²) in [7, 11) is 0. The molecule has 0 fully saturated rings. The fraction of sp³-hybridized carbons (Fsp3) is 1.00. The largest absolute Gasteiger partial charge is 0.308 e. The van der Waals surface area contributed by atoms with Gasteiger partial charge in [-0.05, 0) is 6.42 Å². The molecular weight excluding hydrogens is 168 g/mol. The highest BCUT2D eigenvalue weighted by atomic mass is 79.9. The summed E-state index contributed by atoms with van der Waals surface area (Å²) in [4.78, 5) is 0. The standard InChI is InChI=1S/C6H13BrO/c1-2-3-4-5-6-8-7/h2-6H2,1H3. The maximum atomic E-state index is 4.70. The van der Waals surface area contributed by atoms with Crippen LogP contribution in [0.25, 0.3) is 0 Å². The van der Waals surface area contributed by atoms with E-state index in [0.717, 1.165) is 6.61 Å². The van der Waals surface area contributed by atoms with E-state index in [-0.39, 0.29) is 0 Å². The van der Waals surface area contributed by atoms with Gasteiger partial charge in [0.05, 0.1) is 22.9 Å². The summed E-state index contributed by atoms with van der Waals surface area (Å²) in [6.07, 6.45) is 5.10. The lowest BCUT2D eigenvalue weighted by atomic mass is 10.2. The first kappa shape index (κ1) is 8.44. The molecule has 0 aliphatic heterocycles. The van der Waals surface area contributed by atoms with E-state index in [1.54, 1.807) is 0 Å². The Morgan fingerprint density at radius 3 is 2.50 bits per heavy atom. The first-order valence-electron chi connectivity index (χ1n) is 3.15. The number of unbranched alkanes of at least 4 members (excludes halogenated alkanes) is 3. The maximum Gasteiger partial charge on any atom is 0.0987 e. The van der Waals surface area contributed by atoms with Crippen LogP contribution < -0.4 is 0 Å². The Balaban J connectivity index is 2.53. The van der Waals surface area contributed by atoms with Gasteiger partial charge in [-0.3, -0.25) is 0 Å². The third kappa shape index (κ3) is 6.44. The lowest BCUT2D eigenvalue weighted by Gasteiger charge is -1.93. The fourth-order valence-electron chi connectivity index (χ4n) is 0.583. The fourth-order valence-corrected chi connectivity index (χ4v) is 0.812. The normalized spacial score (nSPS) is 9.75. The highest BCUT2D eigenvalue weighted by Crippen LogP contribution is 1.99. The Morgan fingerprint density at radius 2 is 2.00 bits per heavy atom. The van der Waals surface area contributed by atoms with E-state index in [4.69, 9.17) is 3.83 Å². The second-order valence-electron chi connectivity index (χ2n) is 1.87. The molecule has 0 saturated carbocycles. The van der Waals surface area contributed by atoms with Crippen molar-refractivity contribution >= 4 is 16.3 Å². The average Bonchev–Trinajstić information content (AvgIpc) is 1.81. The molecule has 8 heavy (non-hydrogen) atoms. The molecule has 0 N–H and O–H groups in total. The summed E-state index contributed by atoms with van der Waals surface area (Å²) in [5.41, 5.74) is 0. The highest BCUT2D eigenvalue weighted by Gasteiger charge is 1.84. The second-order valence-corrected chi connectivity index (χ2v) is 2.33. The zero-order valence-electron chi connectivity index (χ0n) is 5.32. The van der Waals surface area contributed by atoms with Crippen LogP contribution in [0.3, 0.4) is 0 Å². The molecule has 0 heterocycles. The van der Waals surface area contributed by atoms with Crippen molar-refractivity contribution in [3.63, 3.8) is 0 Å². The molecule has 0 aromatic carbocycles. The van der Waals surface area contributed by atoms with Gasteiger partial charge in [-0.1, -0.05) is 26.2 Å². The van der Waals surface area contributed by atoms with Gasteiger partial charge in [-0.15, -0.1) is 0 Å². The Bertz CT molecular complexity index is 33.5. The predicted octanol–water partition coefficient (Wildman–Crippen LogP) is 2.89. The summed E-state index contributed by atoms with van der Waals surface area (Å²) in [5, 5.41) is 0. The van der Waals surface area contributed by atoms with Crippen molar-refractivity contribution in [2.75, 3.05) is 6.61 Å². The molecule has 50 valence electrons. The second kappa shape index (κ2) is 7.44. The molecule has 2 heteroatoms. The van der Waals surface area contributed by atoms with Crippen molar-refractivity contribution in [1.29, 1.82) is 0 Å². The molecule has 0 spiro atoms. The van der Waals surface area contributed by atoms with E-state index in [1.807, 2.05) is 0 Å². The molecule has 0 aromatic rings. The summed E-state index contributed by atoms with van der Waals surface area (Å²) >= 11 is 2.90. The Morgan fingerprint density at radius 1 is 1.25 bits per heavy atom. The quantitative estimate of drug-likeness (QED) is 0.592. The Hall–Kier alpha value is 0.440. The SMILES string of the molecule is CCCCCCOBr. The van der Waals surface area contributed by atoms with Crippen molar-refractivity contribution in [2.45, 2.75) is 32.6 Å². The van der Waals surface area contributed by atoms with Gasteiger partial charge in [0.1, 0.15) is 0 Å². The molecule has 0 unspecified atom stereocenters. The number of hydrogen-bond acceptors (Lipinski definition) is 1. The van der Waals surface area contributed by atoms with Crippen molar-refractivity contribution < 1.29 is 3.83 Å². The number of rotatable bonds is 5. The minimum absolute atomic E-state index is 0.847. The average molecular weight is 181 g/mol. The van der Waals surface area contributed by atoms with Crippen LogP contribution in [0.1, 0.15) is 32.6 Å². The molecule has 0 aliphatic carbocycles. The first-order chi connectivity index (χ1) is 3.91. The molecule has 0 bridgehead atoms. The van der Waals surface area contributed by atoms with Crippen molar-refractivity contribution in [2.24, 2.45) is 0 Å². The highest BCUT2D eigenvalue weighted by molar-refractivity contribution is 9.06. The summed E-state index contributed by atoms with van der Waals surface area (Å²) < 4.78 is 4.70. The zero-order chi connectivity index (χ0) is 6.24. The third-order valence-corrected chi connectivity index (χ3v) is 1.40. The van der Waals surface area contributed by atoms with Gasteiger partial charge in [-0.25, -0.2) is 0 Å². The van der Waals surface area contributed by atoms with E-state index in [2.05, 4.69) is 23.2 Å². The van der Waals surface area contributed by atoms with Crippen LogP contribution in [0.4, 0.5) is 0 Å². The Labute approximate surface area is 59.9 Å². The van der Waals surface area contributed by atoms with Crippen molar-refractivity contribution in [3.05, 3.63) is 0 Å². The van der Waals surface area contributed by atoms with Crippen LogP contribution in [0, 0.1) is 0 Å². The van der Waals surface area contributed by atoms with Gasteiger partial charge in [-0.2, -0.15) is 0 Å². The minimum atomic E-state index is 0.847. The van der Waals surface area contributed by atoms with Crippen LogP contribution in [-0.2, 0) is 3.83 Å². The monoisotopic (exact) mass is 180 g/mol. The molecule has 0 aromatic heterocycles. The summed E-state index contributed by atoms with van der Waals surface area (Å²) in [5.74, 6) is 0. The topological polar surface area (TPSA) is 9.23 Å². The van der Waals surface area contributed by atoms with E-state index in [1.165, 1.54) is 25.7 Å². The van der Waals surface area contributed by atoms with Gasteiger partial charge in [0, 0.05) is 0 Å². The molecule has 0 saturated heterocycles. The van der Waals surface area contributed by atoms with Crippen LogP contribution >= 0.6 is 16.3 Å². The van der Waals surface area contributed by atoms with Crippen LogP contribution in [0.2, 0.25) is 0 Å². The summed E-state index contributed by atoms with van der Waals surface area (Å²) in [6.45, 7) is 3.05. The minimum Gasteiger partial charge on any atom is -0.308 e. The van der Waals surface area contributed by atoms with Gasteiger partial charge in [0.15, 0.2) is 0 Å². The van der Waals surface area contributed by atoms with Crippen LogP contribution in [0.15, 0.2) is 0 Å². The van der Waals surface area contributed by atoms with Crippen LogP contribution in [0.5, 0.6) is 0 Å². The number of halogens is 1. The lowest BCUT2D eigenvalue weighted by molar-refractivity contribution is 0.376. The molecule has 1 nitrogen and oxygen atoms in total. The van der Waals surface area contributed by atoms with Gasteiger partial charge in [0.25, 0.3) is 0 Å². The van der Waals surface area contributed by atoms with E-state index in [9.17, 15) is 0 Å². The van der Waals surface area contributed by atoms with Gasteiger partial charge >= 0.3 is 0 Å². The van der Waals surface area contributed by atoms with E-state index < -0.39 is 0 Å². The molecular formula is C6H13BrO. The van der Waals surface area contributed by atoms with Crippen molar-refractivity contribution in [1.82, 2.24) is 0 Å². The van der Waals surface area contributed by atoms with E-state index in [0.29, 0.717) is 0 Å². The van der Waals surface area contributed by atoms with Gasteiger partial charge < -0.3 is 3.83 Å². The summed E-state index contributed by atoms with van der Waals surface area (Å²) in [6, 6.07) is 0. The lowest BCUT2D eigenvalue weighted by Crippen LogP contribution is -1.82. The van der Waals surface area contributed by atoms with E-state index >= 15 is 0 Å². The number of hydrogen-bond donors (Lipinski definition) is 0. The molecule has 0 aliphatic rings. The zero-order valence-corrected chi connectivity index (χ0v) is 6.91. The van der Waals surface area contributed by atoms with Crippen molar-refractivity contribution in [3.8, 4) is 0 Å². The molecule has 0 amide bonds. The molecule has 0 radical (unpaired) electrons.